The minimum atomic E-state index is -0.0539. The first-order valence-corrected chi connectivity index (χ1v) is 11.6. The molecular weight excluding hydrogens is 380 g/mol. The van der Waals surface area contributed by atoms with Crippen LogP contribution in [-0.4, -0.2) is 29.8 Å². The fourth-order valence-corrected chi connectivity index (χ4v) is 6.95. The highest BCUT2D eigenvalue weighted by atomic mass is 32.1. The standard InChI is InChI=1S/C24H28N2O2S/c1-26(22-19-10-16-9-17(12-19)13-20(22)11-16)24(28)18-6-4-15(5-7-18)14-25-23(27)21-3-2-8-29-21/h2-8,16-17,19-20,22H,9-14H2,1H3,(H,25,27). The number of rotatable bonds is 5. The number of nitrogens with zero attached hydrogens (tertiary/aromatic N) is 1. The molecule has 4 fully saturated rings. The molecule has 1 heterocycles. The van der Waals surface area contributed by atoms with E-state index in [9.17, 15) is 9.59 Å². The summed E-state index contributed by atoms with van der Waals surface area (Å²) in [7, 11) is 2.00. The molecule has 0 atom stereocenters. The molecule has 4 nitrogen and oxygen atoms in total. The zero-order chi connectivity index (χ0) is 20.0. The number of hydrogen-bond donors (Lipinski definition) is 1. The lowest BCUT2D eigenvalue weighted by Crippen LogP contribution is -2.56. The van der Waals surface area contributed by atoms with E-state index in [-0.39, 0.29) is 11.8 Å². The summed E-state index contributed by atoms with van der Waals surface area (Å²) in [6.07, 6.45) is 6.70. The molecule has 1 N–H and O–H groups in total. The lowest BCUT2D eigenvalue weighted by molar-refractivity contribution is -0.0491. The maximum Gasteiger partial charge on any atom is 0.261 e. The van der Waals surface area contributed by atoms with Crippen molar-refractivity contribution in [2.75, 3.05) is 7.05 Å². The molecule has 2 aromatic rings. The van der Waals surface area contributed by atoms with Crippen molar-refractivity contribution in [2.24, 2.45) is 23.7 Å². The van der Waals surface area contributed by atoms with Gasteiger partial charge in [0, 0.05) is 25.2 Å². The predicted molar refractivity (Wildman–Crippen MR) is 115 cm³/mol. The molecule has 29 heavy (non-hydrogen) atoms. The van der Waals surface area contributed by atoms with Gasteiger partial charge in [-0.15, -0.1) is 11.3 Å². The van der Waals surface area contributed by atoms with E-state index in [2.05, 4.69) is 5.32 Å². The van der Waals surface area contributed by atoms with Gasteiger partial charge in [-0.2, -0.15) is 0 Å². The van der Waals surface area contributed by atoms with Gasteiger partial charge >= 0.3 is 0 Å². The number of carbonyl (C=O) groups excluding carboxylic acids is 2. The lowest BCUT2D eigenvalue weighted by atomic mass is 9.54. The molecule has 6 rings (SSSR count). The van der Waals surface area contributed by atoms with Crippen LogP contribution < -0.4 is 5.32 Å². The minimum Gasteiger partial charge on any atom is -0.347 e. The monoisotopic (exact) mass is 408 g/mol. The Morgan fingerprint density at radius 2 is 1.66 bits per heavy atom. The Labute approximate surface area is 176 Å². The third-order valence-corrected chi connectivity index (χ3v) is 8.21. The van der Waals surface area contributed by atoms with Gasteiger partial charge in [0.1, 0.15) is 0 Å². The number of nitrogens with one attached hydrogen (secondary N) is 1. The van der Waals surface area contributed by atoms with Gasteiger partial charge < -0.3 is 10.2 Å². The van der Waals surface area contributed by atoms with Crippen LogP contribution in [0.3, 0.4) is 0 Å². The molecule has 0 saturated heterocycles. The van der Waals surface area contributed by atoms with Crippen molar-refractivity contribution in [3.05, 3.63) is 57.8 Å². The highest BCUT2D eigenvalue weighted by Gasteiger charge is 2.50. The van der Waals surface area contributed by atoms with E-state index in [0.29, 0.717) is 29.3 Å². The van der Waals surface area contributed by atoms with Crippen molar-refractivity contribution in [1.29, 1.82) is 0 Å². The van der Waals surface area contributed by atoms with Gasteiger partial charge in [-0.05, 0) is 84.9 Å². The zero-order valence-corrected chi connectivity index (χ0v) is 17.7. The van der Waals surface area contributed by atoms with E-state index in [0.717, 1.165) is 23.0 Å². The van der Waals surface area contributed by atoms with Gasteiger partial charge in [-0.25, -0.2) is 0 Å². The van der Waals surface area contributed by atoms with Gasteiger partial charge in [-0.3, -0.25) is 9.59 Å². The van der Waals surface area contributed by atoms with Gasteiger partial charge in [0.25, 0.3) is 11.8 Å². The smallest absolute Gasteiger partial charge is 0.261 e. The Kier molecular flexibility index (Phi) is 4.94. The van der Waals surface area contributed by atoms with Crippen molar-refractivity contribution in [3.63, 3.8) is 0 Å². The lowest BCUT2D eigenvalue weighted by Gasteiger charge is -2.56. The Morgan fingerprint density at radius 1 is 1.00 bits per heavy atom. The summed E-state index contributed by atoms with van der Waals surface area (Å²) in [5.41, 5.74) is 1.75. The van der Waals surface area contributed by atoms with Crippen LogP contribution >= 0.6 is 11.3 Å². The summed E-state index contributed by atoms with van der Waals surface area (Å²) in [4.78, 5) is 28.0. The third-order valence-electron chi connectivity index (χ3n) is 7.34. The van der Waals surface area contributed by atoms with Crippen molar-refractivity contribution >= 4 is 23.2 Å². The summed E-state index contributed by atoms with van der Waals surface area (Å²) in [5, 5.41) is 4.83. The maximum atomic E-state index is 13.2. The van der Waals surface area contributed by atoms with Crippen molar-refractivity contribution in [2.45, 2.75) is 44.7 Å². The number of hydrogen-bond acceptors (Lipinski definition) is 3. The summed E-state index contributed by atoms with van der Waals surface area (Å²) in [6, 6.07) is 11.8. The van der Waals surface area contributed by atoms with Crippen LogP contribution in [0.4, 0.5) is 0 Å². The zero-order valence-electron chi connectivity index (χ0n) is 16.8. The number of benzene rings is 1. The summed E-state index contributed by atoms with van der Waals surface area (Å²) in [5.74, 6) is 3.32. The van der Waals surface area contributed by atoms with E-state index in [1.807, 2.05) is 53.7 Å². The van der Waals surface area contributed by atoms with Gasteiger partial charge in [-0.1, -0.05) is 18.2 Å². The van der Waals surface area contributed by atoms with Crippen molar-refractivity contribution in [1.82, 2.24) is 10.2 Å². The fourth-order valence-electron chi connectivity index (χ4n) is 6.31. The van der Waals surface area contributed by atoms with Crippen LogP contribution in [0.5, 0.6) is 0 Å². The molecule has 5 heteroatoms. The molecule has 4 bridgehead atoms. The topological polar surface area (TPSA) is 49.4 Å². The molecule has 4 aliphatic rings. The van der Waals surface area contributed by atoms with Crippen LogP contribution in [0.15, 0.2) is 41.8 Å². The molecule has 1 aromatic carbocycles. The highest BCUT2D eigenvalue weighted by Crippen LogP contribution is 2.55. The van der Waals surface area contributed by atoms with E-state index in [4.69, 9.17) is 0 Å². The average molecular weight is 409 g/mol. The Morgan fingerprint density at radius 3 is 2.24 bits per heavy atom. The second kappa shape index (κ2) is 7.60. The minimum absolute atomic E-state index is 0.0539. The second-order valence-electron chi connectivity index (χ2n) is 9.19. The normalized spacial score (nSPS) is 29.6. The molecule has 0 unspecified atom stereocenters. The molecule has 4 saturated carbocycles. The average Bonchev–Trinajstić information content (AvgIpc) is 3.26. The van der Waals surface area contributed by atoms with Crippen LogP contribution in [-0.2, 0) is 6.54 Å². The van der Waals surface area contributed by atoms with E-state index in [1.165, 1.54) is 43.4 Å². The Balaban J connectivity index is 1.22. The van der Waals surface area contributed by atoms with E-state index >= 15 is 0 Å². The van der Waals surface area contributed by atoms with Crippen molar-refractivity contribution in [3.8, 4) is 0 Å². The molecule has 152 valence electrons. The van der Waals surface area contributed by atoms with Gasteiger partial charge in [0.05, 0.1) is 4.88 Å². The van der Waals surface area contributed by atoms with Crippen LogP contribution in [0.25, 0.3) is 0 Å². The SMILES string of the molecule is CN(C(=O)c1ccc(CNC(=O)c2cccs2)cc1)C1C2CC3CC(C2)CC1C3. The van der Waals surface area contributed by atoms with E-state index < -0.39 is 0 Å². The first-order valence-electron chi connectivity index (χ1n) is 10.8. The fraction of sp³-hybridized carbons (Fsp3) is 0.500. The van der Waals surface area contributed by atoms with Gasteiger partial charge in [0.2, 0.25) is 0 Å². The quantitative estimate of drug-likeness (QED) is 0.788. The first-order chi connectivity index (χ1) is 14.1. The molecule has 2 amide bonds. The predicted octanol–water partition coefficient (Wildman–Crippen LogP) is 4.57. The summed E-state index contributed by atoms with van der Waals surface area (Å²) in [6.45, 7) is 0.469. The van der Waals surface area contributed by atoms with Crippen LogP contribution in [0.1, 0.15) is 57.7 Å². The molecule has 4 aliphatic carbocycles. The van der Waals surface area contributed by atoms with Crippen LogP contribution in [0, 0.1) is 23.7 Å². The number of thiophene rings is 1. The maximum absolute atomic E-state index is 13.2. The molecule has 1 aromatic heterocycles. The molecular formula is C24H28N2O2S. The van der Waals surface area contributed by atoms with Gasteiger partial charge in [0.15, 0.2) is 0 Å². The summed E-state index contributed by atoms with van der Waals surface area (Å²) < 4.78 is 0. The van der Waals surface area contributed by atoms with E-state index in [1.54, 1.807) is 0 Å². The Bertz CT molecular complexity index is 862. The second-order valence-corrected chi connectivity index (χ2v) is 10.1. The van der Waals surface area contributed by atoms with Crippen LogP contribution in [0.2, 0.25) is 0 Å². The first kappa shape index (κ1) is 18.9. The number of carbonyl (C=O) groups is 2. The third kappa shape index (κ3) is 3.61. The molecule has 0 radical (unpaired) electrons. The molecule has 0 aliphatic heterocycles. The highest BCUT2D eigenvalue weighted by molar-refractivity contribution is 7.12. The number of amides is 2. The Hall–Kier alpha value is -2.14. The van der Waals surface area contributed by atoms with Crippen molar-refractivity contribution < 1.29 is 9.59 Å². The summed E-state index contributed by atoms with van der Waals surface area (Å²) >= 11 is 1.44. The largest absolute Gasteiger partial charge is 0.347 e. The molecule has 0 spiro atoms.